The monoisotopic (exact) mass is 266 g/mol. The lowest BCUT2D eigenvalue weighted by Crippen LogP contribution is -2.11. The minimum atomic E-state index is -3.74. The van der Waals surface area contributed by atoms with E-state index < -0.39 is 13.8 Å². The summed E-state index contributed by atoms with van der Waals surface area (Å²) in [5.74, 6) is -0.883. The molecule has 0 aliphatic carbocycles. The summed E-state index contributed by atoms with van der Waals surface area (Å²) in [4.78, 5) is 11.4. The lowest BCUT2D eigenvalue weighted by molar-refractivity contribution is -0.141. The molecule has 0 amide bonds. The lowest BCUT2D eigenvalue weighted by Gasteiger charge is -2.17. The smallest absolute Gasteiger partial charge is 0.460 e. The quantitative estimate of drug-likeness (QED) is 0.291. The molecule has 0 N–H and O–H groups in total. The number of hydrogen-bond donors (Lipinski definition) is 0. The number of carbonyl (C=O) groups excluding carboxylic acids is 1. The predicted molar refractivity (Wildman–Crippen MR) is 62.3 cm³/mol. The van der Waals surface area contributed by atoms with Crippen LogP contribution in [0.4, 0.5) is 0 Å². The first-order valence-electron chi connectivity index (χ1n) is 5.45. The van der Waals surface area contributed by atoms with Gasteiger partial charge in [-0.15, -0.1) is 0 Å². The highest BCUT2D eigenvalue weighted by molar-refractivity contribution is 7.48. The van der Waals surface area contributed by atoms with E-state index in [1.807, 2.05) is 0 Å². The number of carbonyl (C=O) groups is 1. The maximum atomic E-state index is 12.0. The third-order valence-electron chi connectivity index (χ3n) is 1.52. The zero-order chi connectivity index (χ0) is 13.3. The summed E-state index contributed by atoms with van der Waals surface area (Å²) < 4.78 is 31.5. The van der Waals surface area contributed by atoms with E-state index in [0.29, 0.717) is 0 Å². The van der Waals surface area contributed by atoms with E-state index in [9.17, 15) is 9.36 Å². The van der Waals surface area contributed by atoms with Crippen molar-refractivity contribution >= 4 is 13.8 Å². The molecule has 6 nitrogen and oxygen atoms in total. The number of ether oxygens (including phenoxy) is 1. The third-order valence-corrected chi connectivity index (χ3v) is 3.09. The van der Waals surface area contributed by atoms with Crippen LogP contribution in [0.25, 0.3) is 0 Å². The van der Waals surface area contributed by atoms with Gasteiger partial charge in [0.25, 0.3) is 0 Å². The normalized spacial score (nSPS) is 12.4. The molecule has 0 atom stereocenters. The number of phosphoric ester groups is 1. The predicted octanol–water partition coefficient (Wildman–Crippen LogP) is 2.65. The first-order chi connectivity index (χ1) is 8.02. The van der Waals surface area contributed by atoms with Gasteiger partial charge in [-0.2, -0.15) is 0 Å². The van der Waals surface area contributed by atoms with Gasteiger partial charge in [-0.05, 0) is 33.8 Å². The fourth-order valence-corrected chi connectivity index (χ4v) is 2.17. The zero-order valence-corrected chi connectivity index (χ0v) is 11.5. The van der Waals surface area contributed by atoms with E-state index in [0.717, 1.165) is 0 Å². The van der Waals surface area contributed by atoms with Crippen LogP contribution in [0.3, 0.4) is 0 Å². The Bertz CT molecular complexity index is 302. The van der Waals surface area contributed by atoms with Crippen molar-refractivity contribution in [2.45, 2.75) is 27.7 Å². The van der Waals surface area contributed by atoms with Crippen LogP contribution < -0.4 is 0 Å². The molecule has 0 saturated heterocycles. The van der Waals surface area contributed by atoms with Crippen molar-refractivity contribution in [3.05, 3.63) is 11.8 Å². The van der Waals surface area contributed by atoms with Crippen molar-refractivity contribution in [2.75, 3.05) is 19.8 Å². The van der Waals surface area contributed by atoms with Gasteiger partial charge in [-0.1, -0.05) is 0 Å². The Kier molecular flexibility index (Phi) is 7.87. The van der Waals surface area contributed by atoms with Crippen molar-refractivity contribution in [3.8, 4) is 0 Å². The van der Waals surface area contributed by atoms with E-state index in [1.54, 1.807) is 27.7 Å². The summed E-state index contributed by atoms with van der Waals surface area (Å²) in [6, 6.07) is 0. The van der Waals surface area contributed by atoms with Gasteiger partial charge in [0.2, 0.25) is 5.76 Å². The minimum Gasteiger partial charge on any atom is -0.460 e. The maximum Gasteiger partial charge on any atom is 0.530 e. The van der Waals surface area contributed by atoms with Gasteiger partial charge in [0.1, 0.15) is 0 Å². The molecular formula is C10H19O6P. The second-order valence-corrected chi connectivity index (χ2v) is 4.34. The Morgan fingerprint density at radius 1 is 1.12 bits per heavy atom. The number of rotatable bonds is 8. The van der Waals surface area contributed by atoms with E-state index in [4.69, 9.17) is 18.3 Å². The second kappa shape index (κ2) is 8.28. The van der Waals surface area contributed by atoms with Gasteiger partial charge in [0.05, 0.1) is 19.8 Å². The average Bonchev–Trinajstić information content (AvgIpc) is 2.27. The van der Waals surface area contributed by atoms with E-state index >= 15 is 0 Å². The van der Waals surface area contributed by atoms with Crippen LogP contribution in [0, 0.1) is 0 Å². The van der Waals surface area contributed by atoms with E-state index in [1.165, 1.54) is 6.08 Å². The van der Waals surface area contributed by atoms with Crippen molar-refractivity contribution in [2.24, 2.45) is 0 Å². The number of allylic oxidation sites excluding steroid dienone is 1. The largest absolute Gasteiger partial charge is 0.530 e. The molecule has 0 heterocycles. The molecule has 0 bridgehead atoms. The molecule has 0 aliphatic rings. The van der Waals surface area contributed by atoms with Crippen molar-refractivity contribution in [1.29, 1.82) is 0 Å². The Balaban J connectivity index is 4.72. The molecule has 0 saturated carbocycles. The minimum absolute atomic E-state index is 0.150. The highest BCUT2D eigenvalue weighted by Crippen LogP contribution is 2.51. The SMILES string of the molecule is C/C=C(\OP(=O)(OCC)OCC)C(=O)OCC. The van der Waals surface area contributed by atoms with Gasteiger partial charge in [0.15, 0.2) is 0 Å². The van der Waals surface area contributed by atoms with Gasteiger partial charge in [-0.25, -0.2) is 9.36 Å². The standard InChI is InChI=1S/C10H19O6P/c1-5-9(10(11)13-6-2)16-17(12,14-7-3)15-8-4/h5H,6-8H2,1-4H3/b9-5-. The molecule has 0 aromatic carbocycles. The zero-order valence-electron chi connectivity index (χ0n) is 10.6. The van der Waals surface area contributed by atoms with Gasteiger partial charge in [0, 0.05) is 0 Å². The van der Waals surface area contributed by atoms with Crippen LogP contribution in [-0.4, -0.2) is 25.8 Å². The number of phosphoric acid groups is 1. The molecule has 0 radical (unpaired) electrons. The molecule has 100 valence electrons. The van der Waals surface area contributed by atoms with Crippen LogP contribution >= 0.6 is 7.82 Å². The van der Waals surface area contributed by atoms with Gasteiger partial charge < -0.3 is 9.26 Å². The number of hydrogen-bond acceptors (Lipinski definition) is 6. The summed E-state index contributed by atoms with van der Waals surface area (Å²) in [5, 5.41) is 0. The van der Waals surface area contributed by atoms with Gasteiger partial charge >= 0.3 is 13.8 Å². The average molecular weight is 266 g/mol. The van der Waals surface area contributed by atoms with Crippen molar-refractivity contribution in [3.63, 3.8) is 0 Å². The van der Waals surface area contributed by atoms with Crippen molar-refractivity contribution < 1.29 is 27.7 Å². The molecule has 0 spiro atoms. The molecule has 0 fully saturated rings. The second-order valence-electron chi connectivity index (χ2n) is 2.75. The summed E-state index contributed by atoms with van der Waals surface area (Å²) in [5.41, 5.74) is 0. The topological polar surface area (TPSA) is 71.1 Å². The summed E-state index contributed by atoms with van der Waals surface area (Å²) in [6.45, 7) is 7.02. The van der Waals surface area contributed by atoms with Crippen LogP contribution in [0.5, 0.6) is 0 Å². The fourth-order valence-electron chi connectivity index (χ4n) is 0.937. The van der Waals surface area contributed by atoms with Gasteiger partial charge in [-0.3, -0.25) is 9.05 Å². The lowest BCUT2D eigenvalue weighted by atomic mass is 10.5. The molecule has 0 aromatic rings. The molecule has 17 heavy (non-hydrogen) atoms. The van der Waals surface area contributed by atoms with Crippen LogP contribution in [0.2, 0.25) is 0 Å². The first-order valence-corrected chi connectivity index (χ1v) is 6.91. The van der Waals surface area contributed by atoms with Crippen LogP contribution in [0.15, 0.2) is 11.8 Å². The Labute approximate surface area is 101 Å². The Morgan fingerprint density at radius 3 is 2.00 bits per heavy atom. The van der Waals surface area contributed by atoms with Crippen LogP contribution in [0.1, 0.15) is 27.7 Å². The summed E-state index contributed by atoms with van der Waals surface area (Å²) in [6.07, 6.45) is 1.35. The molecular weight excluding hydrogens is 247 g/mol. The third kappa shape index (κ3) is 5.86. The molecule has 0 aliphatic heterocycles. The van der Waals surface area contributed by atoms with E-state index in [2.05, 4.69) is 0 Å². The Hall–Kier alpha value is -0.840. The van der Waals surface area contributed by atoms with Crippen LogP contribution in [-0.2, 0) is 27.7 Å². The molecule has 0 rings (SSSR count). The first kappa shape index (κ1) is 16.2. The highest BCUT2D eigenvalue weighted by Gasteiger charge is 2.30. The Morgan fingerprint density at radius 2 is 1.65 bits per heavy atom. The van der Waals surface area contributed by atoms with Crippen molar-refractivity contribution in [1.82, 2.24) is 0 Å². The molecule has 0 unspecified atom stereocenters. The highest BCUT2D eigenvalue weighted by atomic mass is 31.2. The molecule has 7 heteroatoms. The summed E-state index contributed by atoms with van der Waals surface area (Å²) in [7, 11) is -3.74. The number of esters is 1. The van der Waals surface area contributed by atoms with E-state index in [-0.39, 0.29) is 25.6 Å². The summed E-state index contributed by atoms with van der Waals surface area (Å²) >= 11 is 0. The maximum absolute atomic E-state index is 12.0. The molecule has 0 aromatic heterocycles. The fraction of sp³-hybridized carbons (Fsp3) is 0.700.